The Kier molecular flexibility index (Phi) is 4.55. The van der Waals surface area contributed by atoms with Gasteiger partial charge in [0, 0.05) is 23.2 Å². The number of anilines is 1. The van der Waals surface area contributed by atoms with Crippen LogP contribution in [0.4, 0.5) is 5.82 Å². The molecule has 2 aromatic heterocycles. The van der Waals surface area contributed by atoms with Gasteiger partial charge in [0.2, 0.25) is 0 Å². The molecular weight excluding hydrogens is 338 g/mol. The number of halogens is 1. The Morgan fingerprint density at radius 2 is 2.12 bits per heavy atom. The minimum atomic E-state index is 0.487. The molecule has 7 heteroatoms. The molecule has 1 aromatic carbocycles. The zero-order valence-electron chi connectivity index (χ0n) is 14.1. The van der Waals surface area contributed by atoms with E-state index >= 15 is 0 Å². The molecule has 4 rings (SSSR count). The van der Waals surface area contributed by atoms with Crippen LogP contribution in [0.15, 0.2) is 35.1 Å². The number of likely N-dealkylation sites (tertiary alicyclic amines) is 1. The van der Waals surface area contributed by atoms with E-state index in [1.807, 2.05) is 24.3 Å². The molecule has 25 heavy (non-hydrogen) atoms. The number of rotatable bonds is 5. The molecule has 1 fully saturated rings. The molecule has 1 unspecified atom stereocenters. The molecule has 1 atom stereocenters. The summed E-state index contributed by atoms with van der Waals surface area (Å²) in [6, 6.07) is 8.06. The van der Waals surface area contributed by atoms with E-state index in [0.29, 0.717) is 16.8 Å². The standard InChI is InChI=1S/C18H20ClN5O/c1-2-24-9-3-4-14(24)10-20-17-15-16(12-5-7-13(19)8-6-12)23-25-18(15)22-11-21-17/h5-8,11,14H,2-4,9-10H2,1H3,(H,20,21,22). The van der Waals surface area contributed by atoms with Gasteiger partial charge < -0.3 is 9.84 Å². The lowest BCUT2D eigenvalue weighted by Gasteiger charge is -2.23. The normalized spacial score (nSPS) is 18.1. The maximum absolute atomic E-state index is 5.99. The third kappa shape index (κ3) is 3.19. The molecule has 3 aromatic rings. The maximum Gasteiger partial charge on any atom is 0.263 e. The van der Waals surface area contributed by atoms with Gasteiger partial charge in [-0.2, -0.15) is 4.98 Å². The zero-order chi connectivity index (χ0) is 17.2. The summed E-state index contributed by atoms with van der Waals surface area (Å²) in [5, 5.41) is 9.18. The van der Waals surface area contributed by atoms with E-state index < -0.39 is 0 Å². The van der Waals surface area contributed by atoms with Crippen molar-refractivity contribution in [1.29, 1.82) is 0 Å². The predicted molar refractivity (Wildman–Crippen MR) is 98.8 cm³/mol. The number of hydrogen-bond acceptors (Lipinski definition) is 6. The summed E-state index contributed by atoms with van der Waals surface area (Å²) in [6.45, 7) is 5.31. The van der Waals surface area contributed by atoms with Gasteiger partial charge in [-0.05, 0) is 38.1 Å². The summed E-state index contributed by atoms with van der Waals surface area (Å²) in [4.78, 5) is 11.1. The van der Waals surface area contributed by atoms with Crippen molar-refractivity contribution in [2.24, 2.45) is 0 Å². The van der Waals surface area contributed by atoms with Gasteiger partial charge in [0.1, 0.15) is 23.2 Å². The smallest absolute Gasteiger partial charge is 0.263 e. The predicted octanol–water partition coefficient (Wildman–Crippen LogP) is 3.83. The first-order valence-electron chi connectivity index (χ1n) is 8.60. The van der Waals surface area contributed by atoms with Crippen molar-refractivity contribution in [2.45, 2.75) is 25.8 Å². The lowest BCUT2D eigenvalue weighted by molar-refractivity contribution is 0.277. The zero-order valence-corrected chi connectivity index (χ0v) is 14.8. The SMILES string of the molecule is CCN1CCCC1CNc1ncnc2onc(-c3ccc(Cl)cc3)c12. The van der Waals surface area contributed by atoms with Crippen LogP contribution in [0.2, 0.25) is 5.02 Å². The van der Waals surface area contributed by atoms with Gasteiger partial charge in [0.05, 0.1) is 0 Å². The van der Waals surface area contributed by atoms with Crippen molar-refractivity contribution in [3.05, 3.63) is 35.6 Å². The average molecular weight is 358 g/mol. The Labute approximate surface area is 151 Å². The Hall–Kier alpha value is -2.18. The van der Waals surface area contributed by atoms with Gasteiger partial charge in [0.25, 0.3) is 5.71 Å². The molecular formula is C18H20ClN5O. The fraction of sp³-hybridized carbons (Fsp3) is 0.389. The lowest BCUT2D eigenvalue weighted by atomic mass is 10.1. The number of nitrogens with zero attached hydrogens (tertiary/aromatic N) is 4. The quantitative estimate of drug-likeness (QED) is 0.748. The van der Waals surface area contributed by atoms with Crippen molar-refractivity contribution in [3.63, 3.8) is 0 Å². The maximum atomic E-state index is 5.99. The van der Waals surface area contributed by atoms with Gasteiger partial charge in [-0.1, -0.05) is 35.8 Å². The molecule has 0 saturated carbocycles. The van der Waals surface area contributed by atoms with E-state index in [2.05, 4.69) is 32.3 Å². The molecule has 3 heterocycles. The monoisotopic (exact) mass is 357 g/mol. The van der Waals surface area contributed by atoms with Crippen molar-refractivity contribution in [2.75, 3.05) is 25.0 Å². The Morgan fingerprint density at radius 1 is 1.28 bits per heavy atom. The van der Waals surface area contributed by atoms with Crippen molar-refractivity contribution in [1.82, 2.24) is 20.0 Å². The molecule has 0 bridgehead atoms. The van der Waals surface area contributed by atoms with Crippen LogP contribution >= 0.6 is 11.6 Å². The molecule has 1 N–H and O–H groups in total. The number of aromatic nitrogens is 3. The molecule has 0 radical (unpaired) electrons. The number of benzene rings is 1. The van der Waals surface area contributed by atoms with Crippen molar-refractivity contribution in [3.8, 4) is 11.3 Å². The summed E-state index contributed by atoms with van der Waals surface area (Å²) >= 11 is 5.99. The van der Waals surface area contributed by atoms with E-state index in [1.165, 1.54) is 25.7 Å². The second-order valence-electron chi connectivity index (χ2n) is 6.25. The first kappa shape index (κ1) is 16.3. The highest BCUT2D eigenvalue weighted by Gasteiger charge is 2.24. The summed E-state index contributed by atoms with van der Waals surface area (Å²) in [5.74, 6) is 0.763. The Morgan fingerprint density at radius 3 is 2.92 bits per heavy atom. The molecule has 130 valence electrons. The van der Waals surface area contributed by atoms with Gasteiger partial charge in [-0.15, -0.1) is 0 Å². The number of fused-ring (bicyclic) bond motifs is 1. The topological polar surface area (TPSA) is 67.1 Å². The fourth-order valence-electron chi connectivity index (χ4n) is 3.48. The molecule has 6 nitrogen and oxygen atoms in total. The van der Waals surface area contributed by atoms with E-state index in [0.717, 1.165) is 35.6 Å². The van der Waals surface area contributed by atoms with E-state index in [1.54, 1.807) is 0 Å². The molecule has 1 aliphatic heterocycles. The lowest BCUT2D eigenvalue weighted by Crippen LogP contribution is -2.34. The minimum Gasteiger partial charge on any atom is -0.368 e. The van der Waals surface area contributed by atoms with Crippen LogP contribution in [-0.4, -0.2) is 45.7 Å². The highest BCUT2D eigenvalue weighted by molar-refractivity contribution is 6.30. The van der Waals surface area contributed by atoms with Gasteiger partial charge in [0.15, 0.2) is 0 Å². The summed E-state index contributed by atoms with van der Waals surface area (Å²) < 4.78 is 5.40. The van der Waals surface area contributed by atoms with Crippen LogP contribution in [0.3, 0.4) is 0 Å². The number of nitrogens with one attached hydrogen (secondary N) is 1. The van der Waals surface area contributed by atoms with Crippen LogP contribution in [0, 0.1) is 0 Å². The Bertz CT molecular complexity index is 864. The van der Waals surface area contributed by atoms with Crippen LogP contribution in [-0.2, 0) is 0 Å². The second kappa shape index (κ2) is 6.98. The van der Waals surface area contributed by atoms with Gasteiger partial charge in [-0.25, -0.2) is 4.98 Å². The molecule has 1 saturated heterocycles. The van der Waals surface area contributed by atoms with Crippen LogP contribution in [0.1, 0.15) is 19.8 Å². The highest BCUT2D eigenvalue weighted by atomic mass is 35.5. The number of likely N-dealkylation sites (N-methyl/N-ethyl adjacent to an activating group) is 1. The summed E-state index contributed by atoms with van der Waals surface area (Å²) in [7, 11) is 0. The van der Waals surface area contributed by atoms with E-state index in [9.17, 15) is 0 Å². The van der Waals surface area contributed by atoms with E-state index in [-0.39, 0.29) is 0 Å². The summed E-state index contributed by atoms with van der Waals surface area (Å²) in [6.07, 6.45) is 3.97. The van der Waals surface area contributed by atoms with Crippen LogP contribution in [0.25, 0.3) is 22.4 Å². The van der Waals surface area contributed by atoms with Gasteiger partial charge in [-0.3, -0.25) is 4.90 Å². The fourth-order valence-corrected chi connectivity index (χ4v) is 3.61. The van der Waals surface area contributed by atoms with Crippen LogP contribution < -0.4 is 5.32 Å². The van der Waals surface area contributed by atoms with E-state index in [4.69, 9.17) is 16.1 Å². The van der Waals surface area contributed by atoms with Crippen LogP contribution in [0.5, 0.6) is 0 Å². The van der Waals surface area contributed by atoms with Crippen molar-refractivity contribution >= 4 is 28.5 Å². The first-order valence-corrected chi connectivity index (χ1v) is 8.98. The Balaban J connectivity index is 1.65. The minimum absolute atomic E-state index is 0.487. The average Bonchev–Trinajstić information content (AvgIpc) is 3.27. The third-order valence-electron chi connectivity index (χ3n) is 4.80. The number of hydrogen-bond donors (Lipinski definition) is 1. The van der Waals surface area contributed by atoms with Crippen molar-refractivity contribution < 1.29 is 4.52 Å². The summed E-state index contributed by atoms with van der Waals surface area (Å²) in [5.41, 5.74) is 2.15. The molecule has 0 spiro atoms. The second-order valence-corrected chi connectivity index (χ2v) is 6.68. The molecule has 1 aliphatic rings. The molecule has 0 amide bonds. The largest absolute Gasteiger partial charge is 0.368 e. The first-order chi connectivity index (χ1) is 12.3. The third-order valence-corrected chi connectivity index (χ3v) is 5.05. The highest BCUT2D eigenvalue weighted by Crippen LogP contribution is 2.32. The molecule has 0 aliphatic carbocycles. The van der Waals surface area contributed by atoms with Gasteiger partial charge >= 0.3 is 0 Å².